The summed E-state index contributed by atoms with van der Waals surface area (Å²) in [5, 5.41) is 4.83. The van der Waals surface area contributed by atoms with Crippen molar-refractivity contribution in [3.8, 4) is 11.1 Å². The number of thiophene rings is 1. The highest BCUT2D eigenvalue weighted by atomic mass is 32.1. The maximum absolute atomic E-state index is 6.39. The molecule has 1 aliphatic carbocycles. The first-order valence-electron chi connectivity index (χ1n) is 17.8. The van der Waals surface area contributed by atoms with E-state index in [4.69, 9.17) is 4.42 Å². The molecule has 0 fully saturated rings. The maximum atomic E-state index is 6.39. The van der Waals surface area contributed by atoms with Crippen LogP contribution in [0.5, 0.6) is 0 Å². The lowest BCUT2D eigenvalue weighted by Gasteiger charge is -2.34. The first-order valence-corrected chi connectivity index (χ1v) is 18.6. The fraction of sp³-hybridized carbons (Fsp3) is 0.0204. The first-order chi connectivity index (χ1) is 25.8. The predicted octanol–water partition coefficient (Wildman–Crippen LogP) is 13.8. The third kappa shape index (κ3) is 4.11. The molecular formula is C49H31NOS. The minimum absolute atomic E-state index is 0.483. The average molecular weight is 682 g/mol. The summed E-state index contributed by atoms with van der Waals surface area (Å²) in [5.41, 5.74) is 12.4. The molecule has 11 rings (SSSR count). The van der Waals surface area contributed by atoms with Gasteiger partial charge in [0, 0.05) is 54.1 Å². The molecule has 0 atom stereocenters. The molecule has 2 nitrogen and oxygen atoms in total. The van der Waals surface area contributed by atoms with E-state index in [0.29, 0.717) is 0 Å². The summed E-state index contributed by atoms with van der Waals surface area (Å²) in [6.07, 6.45) is 0. The molecule has 2 heterocycles. The van der Waals surface area contributed by atoms with Crippen LogP contribution in [0.25, 0.3) is 53.2 Å². The summed E-state index contributed by atoms with van der Waals surface area (Å²) in [7, 11) is 0. The zero-order chi connectivity index (χ0) is 34.2. The van der Waals surface area contributed by atoms with Crippen molar-refractivity contribution in [2.45, 2.75) is 5.41 Å². The Morgan fingerprint density at radius 3 is 1.81 bits per heavy atom. The normalized spacial score (nSPS) is 13.2. The van der Waals surface area contributed by atoms with Crippen LogP contribution in [0.3, 0.4) is 0 Å². The molecule has 0 aliphatic heterocycles. The highest BCUT2D eigenvalue weighted by molar-refractivity contribution is 7.25. The molecule has 0 saturated carbocycles. The van der Waals surface area contributed by atoms with Gasteiger partial charge < -0.3 is 9.32 Å². The van der Waals surface area contributed by atoms with Gasteiger partial charge in [-0.2, -0.15) is 0 Å². The van der Waals surface area contributed by atoms with Gasteiger partial charge in [-0.05, 0) is 88.0 Å². The molecule has 0 bridgehead atoms. The summed E-state index contributed by atoms with van der Waals surface area (Å²) in [4.78, 5) is 2.35. The molecule has 2 aromatic heterocycles. The second-order valence-corrected chi connectivity index (χ2v) is 14.7. The summed E-state index contributed by atoms with van der Waals surface area (Å²) in [5.74, 6) is 0. The van der Waals surface area contributed by atoms with Gasteiger partial charge in [0.05, 0.1) is 5.41 Å². The number of benzene rings is 8. The summed E-state index contributed by atoms with van der Waals surface area (Å²) in [6.45, 7) is 0. The summed E-state index contributed by atoms with van der Waals surface area (Å²) >= 11 is 1.87. The third-order valence-electron chi connectivity index (χ3n) is 10.9. The van der Waals surface area contributed by atoms with Crippen LogP contribution >= 0.6 is 11.3 Å². The fourth-order valence-electron chi connectivity index (χ4n) is 8.82. The van der Waals surface area contributed by atoms with Crippen LogP contribution in [0, 0.1) is 0 Å². The molecule has 0 saturated heterocycles. The monoisotopic (exact) mass is 681 g/mol. The van der Waals surface area contributed by atoms with Gasteiger partial charge in [-0.1, -0.05) is 127 Å². The number of furan rings is 1. The Hall–Kier alpha value is -6.42. The van der Waals surface area contributed by atoms with Crippen LogP contribution in [-0.4, -0.2) is 0 Å². The molecular weight excluding hydrogens is 651 g/mol. The van der Waals surface area contributed by atoms with Gasteiger partial charge >= 0.3 is 0 Å². The topological polar surface area (TPSA) is 16.4 Å². The summed E-state index contributed by atoms with van der Waals surface area (Å²) in [6, 6.07) is 68.5. The molecule has 0 unspecified atom stereocenters. The van der Waals surface area contributed by atoms with Crippen molar-refractivity contribution in [3.05, 3.63) is 210 Å². The van der Waals surface area contributed by atoms with Gasteiger partial charge in [-0.15, -0.1) is 11.3 Å². The van der Waals surface area contributed by atoms with Crippen molar-refractivity contribution in [2.75, 3.05) is 4.90 Å². The molecule has 0 spiro atoms. The van der Waals surface area contributed by atoms with E-state index in [9.17, 15) is 0 Å². The molecule has 0 amide bonds. The van der Waals surface area contributed by atoms with Crippen molar-refractivity contribution in [1.82, 2.24) is 0 Å². The zero-order valence-corrected chi connectivity index (χ0v) is 29.0. The van der Waals surface area contributed by atoms with Gasteiger partial charge in [-0.25, -0.2) is 0 Å². The Bertz CT molecular complexity index is 2930. The predicted molar refractivity (Wildman–Crippen MR) is 219 cm³/mol. The first kappa shape index (κ1) is 29.3. The highest BCUT2D eigenvalue weighted by Crippen LogP contribution is 2.58. The molecule has 244 valence electrons. The third-order valence-corrected chi connectivity index (χ3v) is 12.1. The van der Waals surface area contributed by atoms with Crippen LogP contribution in [0.15, 0.2) is 192 Å². The van der Waals surface area contributed by atoms with Crippen molar-refractivity contribution >= 4 is 70.5 Å². The zero-order valence-electron chi connectivity index (χ0n) is 28.2. The van der Waals surface area contributed by atoms with E-state index in [1.165, 1.54) is 53.6 Å². The standard InChI is InChI=1S/C49H31NOS/c1-3-14-32(15-4-1)49(41-21-10-7-18-36(41)37-19-8-11-22-42(37)49)43-23-13-25-47-48(43)40-30-34(27-29-46(40)52-47)50(33-16-5-2-6-17-33)35-26-28-39-38-20-9-12-24-44(38)51-45(39)31-35/h1-31H. The van der Waals surface area contributed by atoms with Crippen LogP contribution in [0.4, 0.5) is 17.1 Å². The smallest absolute Gasteiger partial charge is 0.137 e. The van der Waals surface area contributed by atoms with E-state index in [-0.39, 0.29) is 0 Å². The average Bonchev–Trinajstić information content (AvgIpc) is 3.87. The van der Waals surface area contributed by atoms with E-state index >= 15 is 0 Å². The Balaban J connectivity index is 1.19. The molecule has 0 N–H and O–H groups in total. The number of anilines is 3. The molecule has 3 heteroatoms. The van der Waals surface area contributed by atoms with Crippen LogP contribution in [0.1, 0.15) is 22.3 Å². The van der Waals surface area contributed by atoms with Gasteiger partial charge in [0.2, 0.25) is 0 Å². The van der Waals surface area contributed by atoms with Gasteiger partial charge in [0.1, 0.15) is 11.2 Å². The van der Waals surface area contributed by atoms with Gasteiger partial charge in [-0.3, -0.25) is 0 Å². The van der Waals surface area contributed by atoms with Gasteiger partial charge in [0.15, 0.2) is 0 Å². The Labute approximate surface area is 305 Å². The summed E-state index contributed by atoms with van der Waals surface area (Å²) < 4.78 is 8.95. The highest BCUT2D eigenvalue weighted by Gasteiger charge is 2.47. The molecule has 1 aliphatic rings. The molecule has 8 aromatic carbocycles. The van der Waals surface area contributed by atoms with Crippen LogP contribution in [-0.2, 0) is 5.41 Å². The van der Waals surface area contributed by atoms with E-state index in [0.717, 1.165) is 39.0 Å². The lowest BCUT2D eigenvalue weighted by atomic mass is 9.66. The van der Waals surface area contributed by atoms with Crippen molar-refractivity contribution < 1.29 is 4.42 Å². The second-order valence-electron chi connectivity index (χ2n) is 13.6. The number of rotatable bonds is 5. The minimum Gasteiger partial charge on any atom is -0.456 e. The van der Waals surface area contributed by atoms with E-state index in [1.54, 1.807) is 0 Å². The lowest BCUT2D eigenvalue weighted by molar-refractivity contribution is 0.669. The molecule has 10 aromatic rings. The van der Waals surface area contributed by atoms with Gasteiger partial charge in [0.25, 0.3) is 0 Å². The lowest BCUT2D eigenvalue weighted by Crippen LogP contribution is -2.28. The van der Waals surface area contributed by atoms with E-state index in [2.05, 4.69) is 181 Å². The Kier molecular flexibility index (Phi) is 6.37. The van der Waals surface area contributed by atoms with E-state index in [1.807, 2.05) is 23.5 Å². The molecule has 52 heavy (non-hydrogen) atoms. The molecule has 0 radical (unpaired) electrons. The minimum atomic E-state index is -0.483. The van der Waals surface area contributed by atoms with Crippen LogP contribution < -0.4 is 4.90 Å². The fourth-order valence-corrected chi connectivity index (χ4v) is 9.94. The number of para-hydroxylation sites is 2. The van der Waals surface area contributed by atoms with Crippen molar-refractivity contribution in [2.24, 2.45) is 0 Å². The Morgan fingerprint density at radius 2 is 1.02 bits per heavy atom. The van der Waals surface area contributed by atoms with Crippen molar-refractivity contribution in [3.63, 3.8) is 0 Å². The van der Waals surface area contributed by atoms with Crippen molar-refractivity contribution in [1.29, 1.82) is 0 Å². The Morgan fingerprint density at radius 1 is 0.404 bits per heavy atom. The maximum Gasteiger partial charge on any atom is 0.137 e. The number of nitrogens with zero attached hydrogens (tertiary/aromatic N) is 1. The van der Waals surface area contributed by atoms with Crippen LogP contribution in [0.2, 0.25) is 0 Å². The largest absolute Gasteiger partial charge is 0.456 e. The quantitative estimate of drug-likeness (QED) is 0.180. The van der Waals surface area contributed by atoms with E-state index < -0.39 is 5.41 Å². The number of hydrogen-bond acceptors (Lipinski definition) is 3. The SMILES string of the molecule is c1ccc(N(c2ccc3c(c2)oc2ccccc23)c2ccc3sc4cccc(C5(c6ccccc6)c6ccccc6-c6ccccc65)c4c3c2)cc1. The number of fused-ring (bicyclic) bond motifs is 9. The number of hydrogen-bond donors (Lipinski definition) is 0. The second kappa shape index (κ2) is 11.3.